The highest BCUT2D eigenvalue weighted by Gasteiger charge is 2.04. The normalized spacial score (nSPS) is 10.1. The third-order valence-corrected chi connectivity index (χ3v) is 2.39. The van der Waals surface area contributed by atoms with Crippen LogP contribution in [0.3, 0.4) is 0 Å². The van der Waals surface area contributed by atoms with Crippen LogP contribution in [0.5, 0.6) is 5.75 Å². The van der Waals surface area contributed by atoms with Gasteiger partial charge in [0.15, 0.2) is 5.78 Å². The van der Waals surface area contributed by atoms with Gasteiger partial charge in [0.05, 0.1) is 12.5 Å². The minimum absolute atomic E-state index is 0.0419. The number of aryl methyl sites for hydroxylation is 1. The van der Waals surface area contributed by atoms with Gasteiger partial charge in [-0.15, -0.1) is 11.6 Å². The van der Waals surface area contributed by atoms with Crippen LogP contribution in [0.4, 0.5) is 0 Å². The highest BCUT2D eigenvalue weighted by Crippen LogP contribution is 2.19. The topological polar surface area (TPSA) is 26.3 Å². The zero-order valence-electron chi connectivity index (χ0n) is 9.05. The van der Waals surface area contributed by atoms with E-state index < -0.39 is 0 Å². The molecule has 0 N–H and O–H groups in total. The van der Waals surface area contributed by atoms with E-state index in [0.717, 1.165) is 16.9 Å². The number of alkyl halides is 1. The number of halogens is 1. The third kappa shape index (κ3) is 3.56. The lowest BCUT2D eigenvalue weighted by atomic mass is 10.1. The molecule has 0 radical (unpaired) electrons. The van der Waals surface area contributed by atoms with Crippen molar-refractivity contribution in [1.82, 2.24) is 0 Å². The second kappa shape index (κ2) is 5.76. The van der Waals surface area contributed by atoms with Gasteiger partial charge in [0.25, 0.3) is 0 Å². The average Bonchev–Trinajstić information content (AvgIpc) is 2.22. The van der Waals surface area contributed by atoms with Crippen molar-refractivity contribution in [2.75, 3.05) is 12.5 Å². The maximum Gasteiger partial charge on any atom is 0.151 e. The van der Waals surface area contributed by atoms with Crippen LogP contribution in [-0.2, 0) is 11.2 Å². The molecule has 0 aromatic heterocycles. The van der Waals surface area contributed by atoms with Crippen LogP contribution in [0.1, 0.15) is 18.1 Å². The Labute approximate surface area is 95.2 Å². The van der Waals surface area contributed by atoms with E-state index in [1.807, 2.05) is 32.0 Å². The van der Waals surface area contributed by atoms with Crippen LogP contribution in [0.2, 0.25) is 0 Å². The zero-order valence-corrected chi connectivity index (χ0v) is 9.80. The summed E-state index contributed by atoms with van der Waals surface area (Å²) in [5, 5.41) is 0. The number of carbonyl (C=O) groups is 1. The molecule has 0 atom stereocenters. The fourth-order valence-corrected chi connectivity index (χ4v) is 1.51. The van der Waals surface area contributed by atoms with Crippen molar-refractivity contribution in [2.45, 2.75) is 20.3 Å². The first-order valence-electron chi connectivity index (χ1n) is 4.97. The zero-order chi connectivity index (χ0) is 11.3. The first-order chi connectivity index (χ1) is 7.17. The Kier molecular flexibility index (Phi) is 4.63. The van der Waals surface area contributed by atoms with E-state index in [0.29, 0.717) is 13.0 Å². The number of ether oxygens (including phenoxy) is 1. The number of ketones is 1. The van der Waals surface area contributed by atoms with E-state index >= 15 is 0 Å². The maximum absolute atomic E-state index is 11.1. The average molecular weight is 227 g/mol. The number of Topliss-reactive ketones (excluding diaryl/α,β-unsaturated/α-hetero) is 1. The van der Waals surface area contributed by atoms with Crippen LogP contribution in [-0.4, -0.2) is 18.3 Å². The largest absolute Gasteiger partial charge is 0.494 e. The number of hydrogen-bond donors (Lipinski definition) is 0. The van der Waals surface area contributed by atoms with E-state index in [9.17, 15) is 4.79 Å². The van der Waals surface area contributed by atoms with Gasteiger partial charge in [0, 0.05) is 6.42 Å². The smallest absolute Gasteiger partial charge is 0.151 e. The molecule has 1 aromatic carbocycles. The second-order valence-corrected chi connectivity index (χ2v) is 3.65. The Hall–Kier alpha value is -1.02. The minimum Gasteiger partial charge on any atom is -0.494 e. The molecule has 0 saturated heterocycles. The van der Waals surface area contributed by atoms with Crippen LogP contribution in [0.15, 0.2) is 18.2 Å². The van der Waals surface area contributed by atoms with Gasteiger partial charge in [0.2, 0.25) is 0 Å². The molecule has 0 aliphatic rings. The van der Waals surface area contributed by atoms with Crippen LogP contribution in [0, 0.1) is 6.92 Å². The molecule has 15 heavy (non-hydrogen) atoms. The molecular weight excluding hydrogens is 212 g/mol. The predicted molar refractivity (Wildman–Crippen MR) is 61.8 cm³/mol. The van der Waals surface area contributed by atoms with Crippen molar-refractivity contribution in [3.8, 4) is 5.75 Å². The van der Waals surface area contributed by atoms with Crippen molar-refractivity contribution in [3.05, 3.63) is 29.3 Å². The van der Waals surface area contributed by atoms with E-state index in [-0.39, 0.29) is 11.7 Å². The summed E-state index contributed by atoms with van der Waals surface area (Å²) in [7, 11) is 0. The highest BCUT2D eigenvalue weighted by atomic mass is 35.5. The lowest BCUT2D eigenvalue weighted by molar-refractivity contribution is -0.116. The quantitative estimate of drug-likeness (QED) is 0.722. The van der Waals surface area contributed by atoms with Gasteiger partial charge < -0.3 is 4.74 Å². The van der Waals surface area contributed by atoms with Crippen molar-refractivity contribution in [1.29, 1.82) is 0 Å². The summed E-state index contributed by atoms with van der Waals surface area (Å²) in [5.74, 6) is 0.992. The van der Waals surface area contributed by atoms with Crippen LogP contribution < -0.4 is 4.74 Å². The Morgan fingerprint density at radius 1 is 1.47 bits per heavy atom. The summed E-state index contributed by atoms with van der Waals surface area (Å²) >= 11 is 5.45. The first-order valence-corrected chi connectivity index (χ1v) is 5.50. The van der Waals surface area contributed by atoms with Gasteiger partial charge >= 0.3 is 0 Å². The van der Waals surface area contributed by atoms with E-state index in [2.05, 4.69) is 0 Å². The molecule has 0 spiro atoms. The van der Waals surface area contributed by atoms with Crippen molar-refractivity contribution in [2.24, 2.45) is 0 Å². The van der Waals surface area contributed by atoms with E-state index in [4.69, 9.17) is 16.3 Å². The Morgan fingerprint density at radius 3 is 2.73 bits per heavy atom. The Bertz CT molecular complexity index is 347. The van der Waals surface area contributed by atoms with Gasteiger partial charge in [-0.05, 0) is 31.0 Å². The standard InChI is InChI=1S/C12H15ClO2/c1-3-15-12-5-4-10(6-9(12)2)7-11(14)8-13/h4-6H,3,7-8H2,1-2H3. The van der Waals surface area contributed by atoms with E-state index in [1.165, 1.54) is 0 Å². The monoisotopic (exact) mass is 226 g/mol. The number of carbonyl (C=O) groups excluding carboxylic acids is 1. The molecule has 0 heterocycles. The number of benzene rings is 1. The third-order valence-electron chi connectivity index (χ3n) is 2.09. The molecule has 0 saturated carbocycles. The van der Waals surface area contributed by atoms with Gasteiger partial charge in [-0.2, -0.15) is 0 Å². The molecule has 2 nitrogen and oxygen atoms in total. The van der Waals surface area contributed by atoms with Gasteiger partial charge in [-0.25, -0.2) is 0 Å². The lowest BCUT2D eigenvalue weighted by Crippen LogP contribution is -2.04. The summed E-state index contributed by atoms with van der Waals surface area (Å²) in [6.07, 6.45) is 0.400. The fourth-order valence-electron chi connectivity index (χ4n) is 1.41. The molecule has 0 amide bonds. The number of hydrogen-bond acceptors (Lipinski definition) is 2. The van der Waals surface area contributed by atoms with Gasteiger partial charge in [-0.1, -0.05) is 12.1 Å². The fraction of sp³-hybridized carbons (Fsp3) is 0.417. The summed E-state index contributed by atoms with van der Waals surface area (Å²) in [5.41, 5.74) is 2.04. The molecule has 0 unspecified atom stereocenters. The molecule has 3 heteroatoms. The van der Waals surface area contributed by atoms with E-state index in [1.54, 1.807) is 0 Å². The molecule has 1 aromatic rings. The molecule has 0 fully saturated rings. The lowest BCUT2D eigenvalue weighted by Gasteiger charge is -2.08. The summed E-state index contributed by atoms with van der Waals surface area (Å²) in [6.45, 7) is 4.57. The summed E-state index contributed by atoms with van der Waals surface area (Å²) < 4.78 is 5.41. The molecule has 1 rings (SSSR count). The number of rotatable bonds is 5. The van der Waals surface area contributed by atoms with Crippen molar-refractivity contribution >= 4 is 17.4 Å². The van der Waals surface area contributed by atoms with Crippen molar-refractivity contribution in [3.63, 3.8) is 0 Å². The van der Waals surface area contributed by atoms with Crippen LogP contribution in [0.25, 0.3) is 0 Å². The summed E-state index contributed by atoms with van der Waals surface area (Å²) in [4.78, 5) is 11.1. The summed E-state index contributed by atoms with van der Waals surface area (Å²) in [6, 6.07) is 5.77. The molecule has 0 bridgehead atoms. The second-order valence-electron chi connectivity index (χ2n) is 3.38. The maximum atomic E-state index is 11.1. The van der Waals surface area contributed by atoms with Crippen LogP contribution >= 0.6 is 11.6 Å². The predicted octanol–water partition coefficient (Wildman–Crippen LogP) is 2.74. The highest BCUT2D eigenvalue weighted by molar-refractivity contribution is 6.27. The molecule has 0 aliphatic carbocycles. The van der Waals surface area contributed by atoms with Gasteiger partial charge in [-0.3, -0.25) is 4.79 Å². The van der Waals surface area contributed by atoms with Crippen molar-refractivity contribution < 1.29 is 9.53 Å². The Balaban J connectivity index is 2.77. The SMILES string of the molecule is CCOc1ccc(CC(=O)CCl)cc1C. The van der Waals surface area contributed by atoms with Gasteiger partial charge in [0.1, 0.15) is 5.75 Å². The molecule has 82 valence electrons. The minimum atomic E-state index is 0.0419. The Morgan fingerprint density at radius 2 is 2.20 bits per heavy atom. The molecular formula is C12H15ClO2. The molecule has 0 aliphatic heterocycles. The first kappa shape index (κ1) is 12.1.